The van der Waals surface area contributed by atoms with Gasteiger partial charge in [0.2, 0.25) is 5.91 Å². The van der Waals surface area contributed by atoms with Crippen LogP contribution in [0.5, 0.6) is 0 Å². The molecule has 2 atom stereocenters. The molecule has 19 heavy (non-hydrogen) atoms. The first-order valence-electron chi connectivity index (χ1n) is 7.51. The quantitative estimate of drug-likeness (QED) is 0.798. The van der Waals surface area contributed by atoms with Crippen molar-refractivity contribution in [1.29, 1.82) is 0 Å². The van der Waals surface area contributed by atoms with Gasteiger partial charge in [0, 0.05) is 25.0 Å². The maximum atomic E-state index is 11.8. The Balaban J connectivity index is 2.33. The molecule has 4 heteroatoms. The van der Waals surface area contributed by atoms with Crippen LogP contribution in [0, 0.1) is 11.3 Å². The van der Waals surface area contributed by atoms with Crippen LogP contribution >= 0.6 is 0 Å². The third kappa shape index (κ3) is 5.91. The number of hydrogen-bond acceptors (Lipinski definition) is 3. The molecule has 0 unspecified atom stereocenters. The normalized spacial score (nSPS) is 23.1. The molecule has 1 heterocycles. The van der Waals surface area contributed by atoms with Crippen LogP contribution in [0.3, 0.4) is 0 Å². The molecule has 0 aromatic heterocycles. The highest BCUT2D eigenvalue weighted by molar-refractivity contribution is 5.81. The predicted molar refractivity (Wildman–Crippen MR) is 77.9 cm³/mol. The average molecular weight is 270 g/mol. The minimum Gasteiger partial charge on any atom is -0.392 e. The van der Waals surface area contributed by atoms with Gasteiger partial charge in [-0.05, 0) is 31.7 Å². The lowest BCUT2D eigenvalue weighted by molar-refractivity contribution is -0.128. The summed E-state index contributed by atoms with van der Waals surface area (Å²) in [6.45, 7) is 11.4. The first-order chi connectivity index (χ1) is 8.82. The van der Waals surface area contributed by atoms with E-state index in [1.807, 2.05) is 27.7 Å². The summed E-state index contributed by atoms with van der Waals surface area (Å²) in [4.78, 5) is 14.2. The Morgan fingerprint density at radius 3 is 2.74 bits per heavy atom. The van der Waals surface area contributed by atoms with Gasteiger partial charge in [0.15, 0.2) is 0 Å². The van der Waals surface area contributed by atoms with Gasteiger partial charge in [-0.1, -0.05) is 27.7 Å². The van der Waals surface area contributed by atoms with Crippen LogP contribution in [-0.4, -0.2) is 48.2 Å². The van der Waals surface area contributed by atoms with E-state index in [-0.39, 0.29) is 17.4 Å². The number of hydrogen-bond donors (Lipinski definition) is 2. The number of carbonyl (C=O) groups is 1. The summed E-state index contributed by atoms with van der Waals surface area (Å²) in [6, 6.07) is 0. The summed E-state index contributed by atoms with van der Waals surface area (Å²) in [5, 5.41) is 12.8. The maximum absolute atomic E-state index is 11.8. The molecule has 0 aromatic rings. The Hall–Kier alpha value is -0.610. The summed E-state index contributed by atoms with van der Waals surface area (Å²) in [7, 11) is 0. The van der Waals surface area contributed by atoms with E-state index in [0.717, 1.165) is 39.0 Å². The topological polar surface area (TPSA) is 52.6 Å². The maximum Gasteiger partial charge on any atom is 0.225 e. The number of nitrogens with one attached hydrogen (secondary N) is 1. The summed E-state index contributed by atoms with van der Waals surface area (Å²) in [5.74, 6) is 0.641. The molecule has 4 nitrogen and oxygen atoms in total. The van der Waals surface area contributed by atoms with E-state index in [1.165, 1.54) is 6.42 Å². The van der Waals surface area contributed by atoms with Crippen molar-refractivity contribution in [3.05, 3.63) is 0 Å². The van der Waals surface area contributed by atoms with Crippen LogP contribution in [0.1, 0.15) is 47.0 Å². The standard InChI is InChI=1S/C15H30N2O2/c1-5-13(18)11-17-8-6-7-12(10-17)9-16-14(19)15(2,3)4/h12-13,18H,5-11H2,1-4H3,(H,16,19)/t12-,13+/m0/s1. The molecule has 0 radical (unpaired) electrons. The van der Waals surface area contributed by atoms with Gasteiger partial charge in [-0.3, -0.25) is 4.79 Å². The second kappa shape index (κ2) is 7.25. The van der Waals surface area contributed by atoms with Gasteiger partial charge in [-0.25, -0.2) is 0 Å². The largest absolute Gasteiger partial charge is 0.392 e. The monoisotopic (exact) mass is 270 g/mol. The lowest BCUT2D eigenvalue weighted by Crippen LogP contribution is -2.45. The third-order valence-corrected chi connectivity index (χ3v) is 3.78. The van der Waals surface area contributed by atoms with Crippen molar-refractivity contribution in [3.8, 4) is 0 Å². The molecule has 0 bridgehead atoms. The van der Waals surface area contributed by atoms with Gasteiger partial charge in [-0.15, -0.1) is 0 Å². The lowest BCUT2D eigenvalue weighted by Gasteiger charge is -2.34. The van der Waals surface area contributed by atoms with Crippen molar-refractivity contribution in [2.75, 3.05) is 26.2 Å². The fourth-order valence-corrected chi connectivity index (χ4v) is 2.41. The predicted octanol–water partition coefficient (Wildman–Crippen LogP) is 1.63. The SMILES string of the molecule is CC[C@@H](O)CN1CCC[C@@H](CNC(=O)C(C)(C)C)C1. The number of aliphatic hydroxyl groups is 1. The molecule has 1 rings (SSSR count). The molecule has 1 saturated heterocycles. The van der Waals surface area contributed by atoms with E-state index < -0.39 is 0 Å². The second-order valence-electron chi connectivity index (χ2n) is 6.79. The first-order valence-corrected chi connectivity index (χ1v) is 7.51. The number of likely N-dealkylation sites (tertiary alicyclic amines) is 1. The van der Waals surface area contributed by atoms with Crippen molar-refractivity contribution < 1.29 is 9.90 Å². The van der Waals surface area contributed by atoms with Crippen molar-refractivity contribution in [3.63, 3.8) is 0 Å². The molecule has 1 fully saturated rings. The summed E-state index contributed by atoms with van der Waals surface area (Å²) < 4.78 is 0. The van der Waals surface area contributed by atoms with Crippen LogP contribution in [0.25, 0.3) is 0 Å². The van der Waals surface area contributed by atoms with E-state index in [9.17, 15) is 9.90 Å². The second-order valence-corrected chi connectivity index (χ2v) is 6.79. The van der Waals surface area contributed by atoms with E-state index in [4.69, 9.17) is 0 Å². The van der Waals surface area contributed by atoms with Gasteiger partial charge in [0.25, 0.3) is 0 Å². The van der Waals surface area contributed by atoms with Crippen LogP contribution in [0.2, 0.25) is 0 Å². The average Bonchev–Trinajstić information content (AvgIpc) is 2.35. The Bertz CT molecular complexity index is 286. The van der Waals surface area contributed by atoms with E-state index >= 15 is 0 Å². The molecular weight excluding hydrogens is 240 g/mol. The number of amides is 1. The number of carbonyl (C=O) groups excluding carboxylic acids is 1. The number of aliphatic hydroxyl groups excluding tert-OH is 1. The van der Waals surface area contributed by atoms with E-state index in [1.54, 1.807) is 0 Å². The zero-order valence-corrected chi connectivity index (χ0v) is 12.9. The Kier molecular flexibility index (Phi) is 6.27. The summed E-state index contributed by atoms with van der Waals surface area (Å²) in [6.07, 6.45) is 2.92. The first kappa shape index (κ1) is 16.4. The van der Waals surface area contributed by atoms with Crippen LogP contribution in [-0.2, 0) is 4.79 Å². The molecule has 2 N–H and O–H groups in total. The fraction of sp³-hybridized carbons (Fsp3) is 0.933. The van der Waals surface area contributed by atoms with Gasteiger partial charge < -0.3 is 15.3 Å². The van der Waals surface area contributed by atoms with Gasteiger partial charge in [-0.2, -0.15) is 0 Å². The number of β-amino-alcohol motifs (C(OH)–C–C–N with tert-alkyl or cyclic N) is 1. The molecule has 0 saturated carbocycles. The third-order valence-electron chi connectivity index (χ3n) is 3.78. The summed E-state index contributed by atoms with van der Waals surface area (Å²) >= 11 is 0. The smallest absolute Gasteiger partial charge is 0.225 e. The van der Waals surface area contributed by atoms with Crippen LogP contribution in [0.15, 0.2) is 0 Å². The molecule has 1 amide bonds. The Morgan fingerprint density at radius 2 is 2.16 bits per heavy atom. The molecule has 1 aliphatic heterocycles. The van der Waals surface area contributed by atoms with Crippen molar-refractivity contribution in [2.45, 2.75) is 53.1 Å². The van der Waals surface area contributed by atoms with E-state index in [2.05, 4.69) is 10.2 Å². The zero-order chi connectivity index (χ0) is 14.5. The lowest BCUT2D eigenvalue weighted by atomic mass is 9.94. The minimum absolute atomic E-state index is 0.123. The molecule has 0 aromatic carbocycles. The zero-order valence-electron chi connectivity index (χ0n) is 12.9. The Labute approximate surface area is 117 Å². The Morgan fingerprint density at radius 1 is 1.47 bits per heavy atom. The minimum atomic E-state index is -0.313. The molecule has 0 spiro atoms. The molecule has 0 aliphatic carbocycles. The fourth-order valence-electron chi connectivity index (χ4n) is 2.41. The molecule has 112 valence electrons. The summed E-state index contributed by atoms with van der Waals surface area (Å²) in [5.41, 5.74) is -0.313. The van der Waals surface area contributed by atoms with Crippen molar-refractivity contribution >= 4 is 5.91 Å². The highest BCUT2D eigenvalue weighted by Gasteiger charge is 2.25. The van der Waals surface area contributed by atoms with Gasteiger partial charge >= 0.3 is 0 Å². The molecular formula is C15H30N2O2. The van der Waals surface area contributed by atoms with Gasteiger partial charge in [0.05, 0.1) is 6.10 Å². The van der Waals surface area contributed by atoms with Crippen LogP contribution < -0.4 is 5.32 Å². The highest BCUT2D eigenvalue weighted by atomic mass is 16.3. The number of rotatable bonds is 5. The van der Waals surface area contributed by atoms with E-state index in [0.29, 0.717) is 5.92 Å². The van der Waals surface area contributed by atoms with Crippen LogP contribution in [0.4, 0.5) is 0 Å². The molecule has 1 aliphatic rings. The van der Waals surface area contributed by atoms with Gasteiger partial charge in [0.1, 0.15) is 0 Å². The highest BCUT2D eigenvalue weighted by Crippen LogP contribution is 2.18. The number of piperidine rings is 1. The number of nitrogens with zero attached hydrogens (tertiary/aromatic N) is 1. The van der Waals surface area contributed by atoms with Crippen molar-refractivity contribution in [1.82, 2.24) is 10.2 Å². The van der Waals surface area contributed by atoms with Crippen molar-refractivity contribution in [2.24, 2.45) is 11.3 Å².